The Labute approximate surface area is 203 Å². The predicted molar refractivity (Wildman–Crippen MR) is 130 cm³/mol. The average Bonchev–Trinajstić information content (AvgIpc) is 3.48. The molecule has 7 nitrogen and oxygen atoms in total. The Morgan fingerprint density at radius 1 is 0.886 bits per heavy atom. The lowest BCUT2D eigenvalue weighted by atomic mass is 9.89. The van der Waals surface area contributed by atoms with Crippen LogP contribution in [0.15, 0.2) is 66.7 Å². The third kappa shape index (κ3) is 4.18. The van der Waals surface area contributed by atoms with Gasteiger partial charge in [-0.15, -0.1) is 0 Å². The van der Waals surface area contributed by atoms with Gasteiger partial charge in [-0.3, -0.25) is 4.79 Å². The van der Waals surface area contributed by atoms with Crippen LogP contribution in [0.1, 0.15) is 28.5 Å². The van der Waals surface area contributed by atoms with Gasteiger partial charge in [-0.25, -0.2) is 4.79 Å². The summed E-state index contributed by atoms with van der Waals surface area (Å²) in [5.74, 6) is -1.02. The van der Waals surface area contributed by atoms with Crippen LogP contribution in [0.2, 0.25) is 0 Å². The highest BCUT2D eigenvalue weighted by Gasteiger charge is 2.42. The molecule has 3 aromatic rings. The van der Waals surface area contributed by atoms with Gasteiger partial charge in [0.25, 0.3) is 0 Å². The van der Waals surface area contributed by atoms with Gasteiger partial charge in [-0.2, -0.15) is 0 Å². The number of hydrogen-bond donors (Lipinski definition) is 1. The molecule has 0 saturated carbocycles. The van der Waals surface area contributed by atoms with Crippen molar-refractivity contribution >= 4 is 12.1 Å². The van der Waals surface area contributed by atoms with Gasteiger partial charge < -0.3 is 24.2 Å². The summed E-state index contributed by atoms with van der Waals surface area (Å²) in [4.78, 5) is 26.6. The lowest BCUT2D eigenvalue weighted by Gasteiger charge is -2.19. The number of likely N-dealkylation sites (tertiary alicyclic amines) is 1. The molecule has 1 amide bonds. The quantitative estimate of drug-likeness (QED) is 0.556. The zero-order chi connectivity index (χ0) is 24.5. The molecule has 180 valence electrons. The lowest BCUT2D eigenvalue weighted by Crippen LogP contribution is -2.31. The Hall–Kier alpha value is -4.00. The van der Waals surface area contributed by atoms with Crippen LogP contribution in [0.25, 0.3) is 11.1 Å². The Balaban J connectivity index is 1.33. The molecule has 0 unspecified atom stereocenters. The van der Waals surface area contributed by atoms with Crippen LogP contribution >= 0.6 is 0 Å². The molecule has 0 aromatic heterocycles. The minimum Gasteiger partial charge on any atom is -0.497 e. The van der Waals surface area contributed by atoms with E-state index in [4.69, 9.17) is 14.2 Å². The fourth-order valence-corrected chi connectivity index (χ4v) is 5.27. The topological polar surface area (TPSA) is 85.3 Å². The van der Waals surface area contributed by atoms with Gasteiger partial charge in [0.1, 0.15) is 18.1 Å². The highest BCUT2D eigenvalue weighted by Crippen LogP contribution is 2.44. The fourth-order valence-electron chi connectivity index (χ4n) is 5.27. The number of amides is 1. The number of fused-ring (bicyclic) bond motifs is 3. The van der Waals surface area contributed by atoms with Crippen LogP contribution in [0.5, 0.6) is 11.5 Å². The number of benzene rings is 3. The number of carbonyl (C=O) groups excluding carboxylic acids is 1. The van der Waals surface area contributed by atoms with Crippen LogP contribution in [-0.4, -0.2) is 56.0 Å². The van der Waals surface area contributed by atoms with E-state index >= 15 is 0 Å². The molecule has 0 radical (unpaired) electrons. The van der Waals surface area contributed by atoms with E-state index in [2.05, 4.69) is 24.3 Å². The molecular weight excluding hydrogens is 446 g/mol. The largest absolute Gasteiger partial charge is 0.497 e. The molecule has 1 aliphatic carbocycles. The maximum absolute atomic E-state index is 13.1. The normalized spacial score (nSPS) is 18.6. The van der Waals surface area contributed by atoms with Gasteiger partial charge in [0, 0.05) is 31.0 Å². The van der Waals surface area contributed by atoms with E-state index in [1.54, 1.807) is 32.4 Å². The standard InChI is InChI=1S/C28H27NO6/c1-33-18-11-17(12-19(13-18)34-2)24-14-29(15-25(24)27(30)31)28(32)35-16-26-22-9-5-3-7-20(22)21-8-4-6-10-23(21)26/h3-13,24-26H,14-16H2,1-2H3,(H,30,31)/t24-,25+/m0/s1. The number of methoxy groups -OCH3 is 2. The molecule has 1 saturated heterocycles. The number of carboxylic acid groups (broad SMARTS) is 1. The van der Waals surface area contributed by atoms with E-state index in [-0.39, 0.29) is 25.6 Å². The number of nitrogens with zero attached hydrogens (tertiary/aromatic N) is 1. The number of carbonyl (C=O) groups is 2. The van der Waals surface area contributed by atoms with Crippen molar-refractivity contribution in [2.75, 3.05) is 33.9 Å². The molecule has 2 aliphatic rings. The van der Waals surface area contributed by atoms with Crippen molar-refractivity contribution in [2.45, 2.75) is 11.8 Å². The first-order chi connectivity index (χ1) is 17.0. The van der Waals surface area contributed by atoms with E-state index in [1.165, 1.54) is 4.90 Å². The summed E-state index contributed by atoms with van der Waals surface area (Å²) in [6.07, 6.45) is -0.504. The Morgan fingerprint density at radius 2 is 1.46 bits per heavy atom. The number of rotatable bonds is 6. The van der Waals surface area contributed by atoms with Gasteiger partial charge in [0.15, 0.2) is 0 Å². The van der Waals surface area contributed by atoms with E-state index in [9.17, 15) is 14.7 Å². The van der Waals surface area contributed by atoms with Crippen LogP contribution in [-0.2, 0) is 9.53 Å². The van der Waals surface area contributed by atoms with E-state index in [0.29, 0.717) is 11.5 Å². The molecule has 1 fully saturated rings. The Morgan fingerprint density at radius 3 is 2.00 bits per heavy atom. The summed E-state index contributed by atoms with van der Waals surface area (Å²) in [7, 11) is 3.09. The summed E-state index contributed by atoms with van der Waals surface area (Å²) in [5, 5.41) is 9.88. The van der Waals surface area contributed by atoms with E-state index in [1.807, 2.05) is 24.3 Å². The SMILES string of the molecule is COc1cc(OC)cc([C@@H]2CN(C(=O)OCC3c4ccccc4-c4ccccc43)C[C@H]2C(=O)O)c1. The summed E-state index contributed by atoms with van der Waals surface area (Å²) in [6.45, 7) is 0.513. The minimum absolute atomic E-state index is 0.0531. The van der Waals surface area contributed by atoms with Crippen LogP contribution in [0.3, 0.4) is 0 Å². The van der Waals surface area contributed by atoms with Gasteiger partial charge in [0.2, 0.25) is 0 Å². The van der Waals surface area contributed by atoms with Crippen molar-refractivity contribution in [1.82, 2.24) is 4.90 Å². The van der Waals surface area contributed by atoms with Crippen molar-refractivity contribution in [1.29, 1.82) is 0 Å². The third-order valence-electron chi connectivity index (χ3n) is 7.03. The van der Waals surface area contributed by atoms with Crippen LogP contribution in [0, 0.1) is 5.92 Å². The molecule has 3 aromatic carbocycles. The molecule has 7 heteroatoms. The monoisotopic (exact) mass is 473 g/mol. The third-order valence-corrected chi connectivity index (χ3v) is 7.03. The van der Waals surface area contributed by atoms with Crippen LogP contribution in [0.4, 0.5) is 4.79 Å². The maximum atomic E-state index is 13.1. The van der Waals surface area contributed by atoms with Crippen molar-refractivity contribution in [2.24, 2.45) is 5.92 Å². The number of aliphatic carboxylic acids is 1. The van der Waals surface area contributed by atoms with Gasteiger partial charge in [-0.05, 0) is 39.9 Å². The molecule has 0 spiro atoms. The first-order valence-corrected chi connectivity index (χ1v) is 11.6. The molecule has 1 N–H and O–H groups in total. The summed E-state index contributed by atoms with van der Waals surface area (Å²) in [5.41, 5.74) is 5.33. The molecule has 2 atom stereocenters. The summed E-state index contributed by atoms with van der Waals surface area (Å²) >= 11 is 0. The van der Waals surface area contributed by atoms with Gasteiger partial charge in [0.05, 0.1) is 20.1 Å². The van der Waals surface area contributed by atoms with Gasteiger partial charge >= 0.3 is 12.1 Å². The first kappa shape index (κ1) is 22.8. The highest BCUT2D eigenvalue weighted by atomic mass is 16.6. The second-order valence-corrected chi connectivity index (χ2v) is 8.91. The average molecular weight is 474 g/mol. The highest BCUT2D eigenvalue weighted by molar-refractivity contribution is 5.79. The minimum atomic E-state index is -0.953. The smallest absolute Gasteiger partial charge is 0.409 e. The summed E-state index contributed by atoms with van der Waals surface area (Å²) in [6, 6.07) is 21.6. The number of carboxylic acids is 1. The first-order valence-electron chi connectivity index (χ1n) is 11.6. The van der Waals surface area contributed by atoms with Crippen LogP contribution < -0.4 is 9.47 Å². The maximum Gasteiger partial charge on any atom is 0.409 e. The molecular formula is C28H27NO6. The van der Waals surface area contributed by atoms with Gasteiger partial charge in [-0.1, -0.05) is 48.5 Å². The molecule has 1 aliphatic heterocycles. The Bertz CT molecular complexity index is 1200. The predicted octanol–water partition coefficient (Wildman–Crippen LogP) is 4.75. The Kier molecular flexibility index (Phi) is 6.07. The molecule has 5 rings (SSSR count). The zero-order valence-corrected chi connectivity index (χ0v) is 19.6. The molecule has 1 heterocycles. The van der Waals surface area contributed by atoms with E-state index in [0.717, 1.165) is 27.8 Å². The molecule has 35 heavy (non-hydrogen) atoms. The van der Waals surface area contributed by atoms with Crippen molar-refractivity contribution in [3.8, 4) is 22.6 Å². The number of ether oxygens (including phenoxy) is 3. The van der Waals surface area contributed by atoms with E-state index < -0.39 is 23.9 Å². The van der Waals surface area contributed by atoms with Crippen molar-refractivity contribution in [3.05, 3.63) is 83.4 Å². The second-order valence-electron chi connectivity index (χ2n) is 8.91. The van der Waals surface area contributed by atoms with Crippen molar-refractivity contribution < 1.29 is 28.9 Å². The zero-order valence-electron chi connectivity index (χ0n) is 19.6. The fraction of sp³-hybridized carbons (Fsp3) is 0.286. The lowest BCUT2D eigenvalue weighted by molar-refractivity contribution is -0.141. The summed E-state index contributed by atoms with van der Waals surface area (Å²) < 4.78 is 16.5. The second kappa shape index (κ2) is 9.33. The molecule has 0 bridgehead atoms. The number of hydrogen-bond acceptors (Lipinski definition) is 5. The van der Waals surface area contributed by atoms with Crippen molar-refractivity contribution in [3.63, 3.8) is 0 Å².